The van der Waals surface area contributed by atoms with Gasteiger partial charge in [-0.2, -0.15) is 0 Å². The van der Waals surface area contributed by atoms with Crippen LogP contribution in [0.15, 0.2) is 53.4 Å². The third-order valence-corrected chi connectivity index (χ3v) is 3.10. The van der Waals surface area contributed by atoms with Gasteiger partial charge in [-0.25, -0.2) is 4.79 Å². The van der Waals surface area contributed by atoms with Crippen molar-refractivity contribution in [3.63, 3.8) is 0 Å². The molecule has 0 aliphatic carbocycles. The Morgan fingerprint density at radius 2 is 1.82 bits per heavy atom. The highest BCUT2D eigenvalue weighted by Gasteiger charge is 2.09. The molecule has 0 aromatic heterocycles. The molecule has 0 bridgehead atoms. The number of hydrogen-bond acceptors (Lipinski definition) is 6. The number of rotatable bonds is 6. The Kier molecular flexibility index (Phi) is 5.37. The Morgan fingerprint density at radius 3 is 2.50 bits per heavy atom. The summed E-state index contributed by atoms with van der Waals surface area (Å²) in [7, 11) is 0. The lowest BCUT2D eigenvalue weighted by Crippen LogP contribution is -2.06. The lowest BCUT2D eigenvalue weighted by Gasteiger charge is -2.07. The standard InChI is InChI=1S/C15H13NO5S/c17-15(20-9-11-4-6-14(22)7-5-11)13-3-1-2-12(8-13)10-21-16(18)19/h1-8,22H,9-10H2. The van der Waals surface area contributed by atoms with E-state index in [1.54, 1.807) is 18.2 Å². The molecule has 0 atom stereocenters. The highest BCUT2D eigenvalue weighted by atomic mass is 32.1. The van der Waals surface area contributed by atoms with E-state index in [2.05, 4.69) is 17.5 Å². The van der Waals surface area contributed by atoms with Gasteiger partial charge in [0.1, 0.15) is 13.2 Å². The van der Waals surface area contributed by atoms with Gasteiger partial charge in [-0.1, -0.05) is 24.3 Å². The smallest absolute Gasteiger partial charge is 0.338 e. The van der Waals surface area contributed by atoms with Gasteiger partial charge >= 0.3 is 5.97 Å². The summed E-state index contributed by atoms with van der Waals surface area (Å²) < 4.78 is 5.20. The van der Waals surface area contributed by atoms with Gasteiger partial charge in [-0.3, -0.25) is 0 Å². The van der Waals surface area contributed by atoms with Gasteiger partial charge in [-0.15, -0.1) is 22.7 Å². The van der Waals surface area contributed by atoms with Crippen LogP contribution in [0.25, 0.3) is 0 Å². The topological polar surface area (TPSA) is 78.7 Å². The molecule has 2 rings (SSSR count). The van der Waals surface area contributed by atoms with Gasteiger partial charge in [0.25, 0.3) is 5.09 Å². The SMILES string of the molecule is O=C(OCc1ccc(S)cc1)c1cccc(CO[N+](=O)[O-])c1. The fourth-order valence-corrected chi connectivity index (χ4v) is 1.89. The van der Waals surface area contributed by atoms with Gasteiger partial charge in [0.05, 0.1) is 5.56 Å². The van der Waals surface area contributed by atoms with Crippen LogP contribution in [0.5, 0.6) is 0 Å². The zero-order chi connectivity index (χ0) is 15.9. The summed E-state index contributed by atoms with van der Waals surface area (Å²) in [6, 6.07) is 13.6. The molecule has 114 valence electrons. The molecule has 22 heavy (non-hydrogen) atoms. The summed E-state index contributed by atoms with van der Waals surface area (Å²) in [5.41, 5.74) is 1.68. The third-order valence-electron chi connectivity index (χ3n) is 2.81. The first-order valence-electron chi connectivity index (χ1n) is 6.36. The van der Waals surface area contributed by atoms with Crippen LogP contribution in [0.3, 0.4) is 0 Å². The molecule has 0 saturated heterocycles. The second-order valence-corrected chi connectivity index (χ2v) is 4.96. The summed E-state index contributed by atoms with van der Waals surface area (Å²) >= 11 is 4.18. The Morgan fingerprint density at radius 1 is 1.09 bits per heavy atom. The van der Waals surface area contributed by atoms with Gasteiger partial charge in [0.15, 0.2) is 0 Å². The van der Waals surface area contributed by atoms with E-state index in [9.17, 15) is 14.9 Å². The van der Waals surface area contributed by atoms with E-state index in [1.807, 2.05) is 24.3 Å². The number of nitrogens with zero attached hydrogens (tertiary/aromatic N) is 1. The number of thiol groups is 1. The average Bonchev–Trinajstić information content (AvgIpc) is 2.52. The maximum Gasteiger partial charge on any atom is 0.338 e. The predicted octanol–water partition coefficient (Wildman–Crippen LogP) is 3.04. The van der Waals surface area contributed by atoms with Crippen molar-refractivity contribution in [1.29, 1.82) is 0 Å². The Labute approximate surface area is 132 Å². The van der Waals surface area contributed by atoms with Gasteiger partial charge in [0.2, 0.25) is 0 Å². The average molecular weight is 319 g/mol. The normalized spacial score (nSPS) is 10.0. The summed E-state index contributed by atoms with van der Waals surface area (Å²) in [4.78, 5) is 27.2. The van der Waals surface area contributed by atoms with Crippen molar-refractivity contribution < 1.29 is 19.5 Å². The minimum Gasteiger partial charge on any atom is -0.457 e. The number of carbonyl (C=O) groups excluding carboxylic acids is 1. The first kappa shape index (κ1) is 15.8. The first-order chi connectivity index (χ1) is 10.5. The quantitative estimate of drug-likeness (QED) is 0.383. The van der Waals surface area contributed by atoms with Crippen molar-refractivity contribution in [2.24, 2.45) is 0 Å². The summed E-state index contributed by atoms with van der Waals surface area (Å²) in [5, 5.41) is 9.28. The molecule has 0 radical (unpaired) electrons. The van der Waals surface area contributed by atoms with Crippen molar-refractivity contribution in [2.45, 2.75) is 18.1 Å². The second-order valence-electron chi connectivity index (χ2n) is 4.44. The van der Waals surface area contributed by atoms with Crippen LogP contribution in [-0.4, -0.2) is 11.1 Å². The monoisotopic (exact) mass is 319 g/mol. The maximum atomic E-state index is 12.0. The summed E-state index contributed by atoms with van der Waals surface area (Å²) in [6.07, 6.45) is 0. The van der Waals surface area contributed by atoms with Crippen molar-refractivity contribution in [3.05, 3.63) is 75.3 Å². The van der Waals surface area contributed by atoms with Gasteiger partial charge in [0, 0.05) is 4.90 Å². The van der Waals surface area contributed by atoms with E-state index in [1.165, 1.54) is 6.07 Å². The van der Waals surface area contributed by atoms with Crippen molar-refractivity contribution in [2.75, 3.05) is 0 Å². The van der Waals surface area contributed by atoms with Crippen LogP contribution in [0.1, 0.15) is 21.5 Å². The summed E-state index contributed by atoms with van der Waals surface area (Å²) in [5.74, 6) is -0.502. The Hall–Kier alpha value is -2.54. The molecule has 0 aliphatic heterocycles. The molecule has 0 saturated carbocycles. The zero-order valence-corrected chi connectivity index (χ0v) is 12.4. The summed E-state index contributed by atoms with van der Waals surface area (Å²) in [6.45, 7) is -0.0694. The molecule has 0 aliphatic rings. The highest BCUT2D eigenvalue weighted by Crippen LogP contribution is 2.12. The lowest BCUT2D eigenvalue weighted by molar-refractivity contribution is -0.763. The molecule has 0 spiro atoms. The van der Waals surface area contributed by atoms with Crippen molar-refractivity contribution in [3.8, 4) is 0 Å². The van der Waals surface area contributed by atoms with Crippen LogP contribution >= 0.6 is 12.6 Å². The molecule has 7 heteroatoms. The van der Waals surface area contributed by atoms with E-state index in [0.29, 0.717) is 11.1 Å². The largest absolute Gasteiger partial charge is 0.457 e. The molecular weight excluding hydrogens is 306 g/mol. The van der Waals surface area contributed by atoms with Gasteiger partial charge < -0.3 is 9.57 Å². The van der Waals surface area contributed by atoms with E-state index in [4.69, 9.17) is 4.74 Å². The number of carbonyl (C=O) groups is 1. The number of esters is 1. The molecule has 0 fully saturated rings. The zero-order valence-electron chi connectivity index (χ0n) is 11.5. The molecule has 2 aromatic rings. The van der Waals surface area contributed by atoms with Crippen LogP contribution in [0, 0.1) is 10.1 Å². The van der Waals surface area contributed by atoms with Crippen LogP contribution in [0.4, 0.5) is 0 Å². The molecule has 2 aromatic carbocycles. The number of ether oxygens (including phenoxy) is 1. The van der Waals surface area contributed by atoms with E-state index >= 15 is 0 Å². The maximum absolute atomic E-state index is 12.0. The van der Waals surface area contributed by atoms with Crippen LogP contribution in [0.2, 0.25) is 0 Å². The van der Waals surface area contributed by atoms with Crippen LogP contribution in [-0.2, 0) is 22.8 Å². The minimum absolute atomic E-state index is 0.141. The van der Waals surface area contributed by atoms with E-state index < -0.39 is 11.1 Å². The fourth-order valence-electron chi connectivity index (χ4n) is 1.74. The highest BCUT2D eigenvalue weighted by molar-refractivity contribution is 7.80. The fraction of sp³-hybridized carbons (Fsp3) is 0.133. The Bertz CT molecular complexity index is 672. The minimum atomic E-state index is -0.879. The Balaban J connectivity index is 1.95. The number of benzene rings is 2. The van der Waals surface area contributed by atoms with Gasteiger partial charge in [-0.05, 0) is 35.4 Å². The van der Waals surface area contributed by atoms with Crippen LogP contribution < -0.4 is 0 Å². The predicted molar refractivity (Wildman–Crippen MR) is 81.0 cm³/mol. The molecule has 6 nitrogen and oxygen atoms in total. The van der Waals surface area contributed by atoms with E-state index in [-0.39, 0.29) is 13.2 Å². The third kappa shape index (κ3) is 4.78. The van der Waals surface area contributed by atoms with Crippen molar-refractivity contribution >= 4 is 18.6 Å². The molecule has 0 heterocycles. The van der Waals surface area contributed by atoms with E-state index in [0.717, 1.165) is 10.5 Å². The molecule has 0 N–H and O–H groups in total. The second kappa shape index (κ2) is 7.46. The lowest BCUT2D eigenvalue weighted by atomic mass is 10.1. The molecule has 0 unspecified atom stereocenters. The molecule has 0 amide bonds. The first-order valence-corrected chi connectivity index (χ1v) is 6.80. The number of hydrogen-bond donors (Lipinski definition) is 1. The van der Waals surface area contributed by atoms with Crippen molar-refractivity contribution in [1.82, 2.24) is 0 Å². The molecular formula is C15H13NO5S.